The molecule has 0 spiro atoms. The molecule has 1 N–H and O–H groups in total. The maximum absolute atomic E-state index is 12.9. The first-order valence-corrected chi connectivity index (χ1v) is 11.1. The van der Waals surface area contributed by atoms with E-state index in [0.717, 1.165) is 30.0 Å². The highest BCUT2D eigenvalue weighted by Crippen LogP contribution is 2.38. The minimum Gasteiger partial charge on any atom is -0.476 e. The molecule has 2 aromatic carbocycles. The van der Waals surface area contributed by atoms with Crippen LogP contribution in [0.1, 0.15) is 45.1 Å². The third kappa shape index (κ3) is 4.68. The number of amides is 2. The smallest absolute Gasteiger partial charge is 0.270 e. The number of hydrogen-bond acceptors (Lipinski definition) is 4. The van der Waals surface area contributed by atoms with E-state index in [9.17, 15) is 9.59 Å². The van der Waals surface area contributed by atoms with Gasteiger partial charge < -0.3 is 19.9 Å². The van der Waals surface area contributed by atoms with Crippen molar-refractivity contribution in [2.75, 3.05) is 34.8 Å². The first-order chi connectivity index (χ1) is 14.8. The average molecular weight is 422 g/mol. The molecule has 0 saturated carbocycles. The standard InChI is InChI=1S/C25H31N3O3/c1-18-7-12-22-21(17-18)28(24(30)25(2,3)31-22)16-13-23(29)26-19-8-10-20(11-9-19)27-14-5-4-6-15-27/h7-12,17H,4-6,13-16H2,1-3H3,(H,26,29). The van der Waals surface area contributed by atoms with Gasteiger partial charge in [-0.1, -0.05) is 6.07 Å². The van der Waals surface area contributed by atoms with E-state index in [1.807, 2.05) is 37.3 Å². The molecule has 164 valence electrons. The van der Waals surface area contributed by atoms with Crippen molar-refractivity contribution in [3.05, 3.63) is 48.0 Å². The minimum absolute atomic E-state index is 0.114. The molecule has 0 bridgehead atoms. The third-order valence-corrected chi connectivity index (χ3v) is 5.97. The van der Waals surface area contributed by atoms with Gasteiger partial charge in [0.2, 0.25) is 5.91 Å². The lowest BCUT2D eigenvalue weighted by atomic mass is 10.0. The van der Waals surface area contributed by atoms with Gasteiger partial charge in [-0.15, -0.1) is 0 Å². The number of ether oxygens (including phenoxy) is 1. The number of fused-ring (bicyclic) bond motifs is 1. The van der Waals surface area contributed by atoms with E-state index in [4.69, 9.17) is 4.74 Å². The van der Waals surface area contributed by atoms with Crippen molar-refractivity contribution in [1.82, 2.24) is 0 Å². The fourth-order valence-corrected chi connectivity index (χ4v) is 4.24. The molecule has 0 unspecified atom stereocenters. The number of nitrogens with zero attached hydrogens (tertiary/aromatic N) is 2. The second kappa shape index (κ2) is 8.61. The van der Waals surface area contributed by atoms with Gasteiger partial charge >= 0.3 is 0 Å². The second-order valence-corrected chi connectivity index (χ2v) is 8.93. The Morgan fingerprint density at radius 3 is 2.48 bits per heavy atom. The lowest BCUT2D eigenvalue weighted by Gasteiger charge is -2.38. The lowest BCUT2D eigenvalue weighted by molar-refractivity contribution is -0.132. The Balaban J connectivity index is 1.39. The van der Waals surface area contributed by atoms with Gasteiger partial charge in [0.25, 0.3) is 5.91 Å². The molecule has 1 saturated heterocycles. The Bertz CT molecular complexity index is 962. The summed E-state index contributed by atoms with van der Waals surface area (Å²) in [5.74, 6) is 0.421. The van der Waals surface area contributed by atoms with Crippen molar-refractivity contribution in [2.45, 2.75) is 52.1 Å². The van der Waals surface area contributed by atoms with Crippen LogP contribution < -0.4 is 19.9 Å². The van der Waals surface area contributed by atoms with Crippen LogP contribution >= 0.6 is 0 Å². The topological polar surface area (TPSA) is 61.9 Å². The largest absolute Gasteiger partial charge is 0.476 e. The molecule has 31 heavy (non-hydrogen) atoms. The zero-order valence-electron chi connectivity index (χ0n) is 18.6. The Morgan fingerprint density at radius 2 is 1.77 bits per heavy atom. The van der Waals surface area contributed by atoms with Gasteiger partial charge in [-0.3, -0.25) is 9.59 Å². The first-order valence-electron chi connectivity index (χ1n) is 11.1. The molecule has 0 aliphatic carbocycles. The van der Waals surface area contributed by atoms with Crippen LogP contribution in [0.2, 0.25) is 0 Å². The number of benzene rings is 2. The van der Waals surface area contributed by atoms with Crippen molar-refractivity contribution >= 4 is 28.9 Å². The Kier molecular flexibility index (Phi) is 5.90. The normalized spacial score (nSPS) is 17.7. The highest BCUT2D eigenvalue weighted by Gasteiger charge is 2.40. The number of aryl methyl sites for hydroxylation is 1. The average Bonchev–Trinajstić information content (AvgIpc) is 2.76. The maximum Gasteiger partial charge on any atom is 0.270 e. The molecule has 2 aliphatic rings. The summed E-state index contributed by atoms with van der Waals surface area (Å²) in [7, 11) is 0. The second-order valence-electron chi connectivity index (χ2n) is 8.93. The van der Waals surface area contributed by atoms with E-state index in [2.05, 4.69) is 22.3 Å². The number of carbonyl (C=O) groups excluding carboxylic acids is 2. The number of rotatable bonds is 5. The quantitative estimate of drug-likeness (QED) is 0.771. The zero-order valence-corrected chi connectivity index (χ0v) is 18.6. The van der Waals surface area contributed by atoms with E-state index in [1.54, 1.807) is 18.7 Å². The van der Waals surface area contributed by atoms with Gasteiger partial charge in [-0.25, -0.2) is 0 Å². The summed E-state index contributed by atoms with van der Waals surface area (Å²) in [6.45, 7) is 7.99. The number of carbonyl (C=O) groups is 2. The van der Waals surface area contributed by atoms with E-state index >= 15 is 0 Å². The van der Waals surface area contributed by atoms with Crippen LogP contribution in [0.4, 0.5) is 17.1 Å². The minimum atomic E-state index is -0.955. The van der Waals surface area contributed by atoms with Gasteiger partial charge in [0.05, 0.1) is 5.69 Å². The number of hydrogen-bond donors (Lipinski definition) is 1. The Hall–Kier alpha value is -3.02. The van der Waals surface area contributed by atoms with E-state index in [-0.39, 0.29) is 18.2 Å². The molecular weight excluding hydrogens is 390 g/mol. The van der Waals surface area contributed by atoms with Crippen LogP contribution in [0.3, 0.4) is 0 Å². The summed E-state index contributed by atoms with van der Waals surface area (Å²) in [5.41, 5.74) is 2.78. The van der Waals surface area contributed by atoms with E-state index in [0.29, 0.717) is 12.3 Å². The highest BCUT2D eigenvalue weighted by molar-refractivity contribution is 6.03. The molecule has 2 aliphatic heterocycles. The van der Waals surface area contributed by atoms with Crippen molar-refractivity contribution in [3.8, 4) is 5.75 Å². The van der Waals surface area contributed by atoms with Crippen LogP contribution in [0.15, 0.2) is 42.5 Å². The predicted octanol–water partition coefficient (Wildman–Crippen LogP) is 4.52. The maximum atomic E-state index is 12.9. The molecule has 0 atom stereocenters. The van der Waals surface area contributed by atoms with Crippen LogP contribution in [-0.4, -0.2) is 37.0 Å². The fraction of sp³-hybridized carbons (Fsp3) is 0.440. The van der Waals surface area contributed by atoms with Crippen LogP contribution in [0.5, 0.6) is 5.75 Å². The summed E-state index contributed by atoms with van der Waals surface area (Å²) < 4.78 is 5.88. The zero-order chi connectivity index (χ0) is 22.0. The number of anilines is 3. The van der Waals surface area contributed by atoms with Crippen molar-refractivity contribution in [2.24, 2.45) is 0 Å². The van der Waals surface area contributed by atoms with Crippen molar-refractivity contribution in [1.29, 1.82) is 0 Å². The first kappa shape index (κ1) is 21.2. The van der Waals surface area contributed by atoms with Gasteiger partial charge in [-0.2, -0.15) is 0 Å². The molecule has 0 radical (unpaired) electrons. The van der Waals surface area contributed by atoms with E-state index in [1.165, 1.54) is 24.9 Å². The highest BCUT2D eigenvalue weighted by atomic mass is 16.5. The lowest BCUT2D eigenvalue weighted by Crippen LogP contribution is -2.53. The van der Waals surface area contributed by atoms with Crippen molar-refractivity contribution < 1.29 is 14.3 Å². The molecule has 2 heterocycles. The molecule has 2 amide bonds. The van der Waals surface area contributed by atoms with Gasteiger partial charge in [0.15, 0.2) is 5.60 Å². The van der Waals surface area contributed by atoms with Crippen LogP contribution in [0, 0.1) is 6.92 Å². The Morgan fingerprint density at radius 1 is 1.06 bits per heavy atom. The van der Waals surface area contributed by atoms with Gasteiger partial charge in [0.1, 0.15) is 5.75 Å². The SMILES string of the molecule is Cc1ccc2c(c1)N(CCC(=O)Nc1ccc(N3CCCCC3)cc1)C(=O)C(C)(C)O2. The molecule has 4 rings (SSSR count). The molecule has 1 fully saturated rings. The summed E-state index contributed by atoms with van der Waals surface area (Å²) in [6.07, 6.45) is 3.98. The van der Waals surface area contributed by atoms with E-state index < -0.39 is 5.60 Å². The van der Waals surface area contributed by atoms with Crippen molar-refractivity contribution in [3.63, 3.8) is 0 Å². The van der Waals surface area contributed by atoms with Gasteiger partial charge in [-0.05, 0) is 82.0 Å². The fourth-order valence-electron chi connectivity index (χ4n) is 4.24. The number of piperidine rings is 1. The molecular formula is C25H31N3O3. The molecule has 0 aromatic heterocycles. The monoisotopic (exact) mass is 421 g/mol. The molecule has 6 heteroatoms. The van der Waals surface area contributed by atoms with Gasteiger partial charge in [0, 0.05) is 37.4 Å². The predicted molar refractivity (Wildman–Crippen MR) is 124 cm³/mol. The summed E-state index contributed by atoms with van der Waals surface area (Å²) in [6, 6.07) is 13.8. The summed E-state index contributed by atoms with van der Waals surface area (Å²) in [5, 5.41) is 2.96. The van der Waals surface area contributed by atoms with Crippen LogP contribution in [0.25, 0.3) is 0 Å². The third-order valence-electron chi connectivity index (χ3n) is 5.97. The Labute approximate surface area is 184 Å². The molecule has 6 nitrogen and oxygen atoms in total. The summed E-state index contributed by atoms with van der Waals surface area (Å²) >= 11 is 0. The van der Waals surface area contributed by atoms with Crippen LogP contribution in [-0.2, 0) is 9.59 Å². The molecule has 2 aromatic rings. The summed E-state index contributed by atoms with van der Waals surface area (Å²) in [4.78, 5) is 29.6. The number of nitrogens with one attached hydrogen (secondary N) is 1.